The molecule has 0 spiro atoms. The van der Waals surface area contributed by atoms with Gasteiger partial charge in [-0.25, -0.2) is 0 Å². The molecule has 18 heavy (non-hydrogen) atoms. The molecule has 3 rings (SSSR count). The zero-order valence-corrected chi connectivity index (χ0v) is 11.0. The Morgan fingerprint density at radius 3 is 2.44 bits per heavy atom. The van der Waals surface area contributed by atoms with Gasteiger partial charge in [0.1, 0.15) is 6.17 Å². The fourth-order valence-corrected chi connectivity index (χ4v) is 2.72. The highest BCUT2D eigenvalue weighted by atomic mass is 16.2. The summed E-state index contributed by atoms with van der Waals surface area (Å²) in [6.45, 7) is 4.21. The molecule has 2 atom stereocenters. The summed E-state index contributed by atoms with van der Waals surface area (Å²) >= 11 is 0. The Hall–Kier alpha value is -1.35. The number of benzene rings is 1. The number of carbonyl (C=O) groups excluding carboxylic acids is 1. The molecule has 2 unspecified atom stereocenters. The van der Waals surface area contributed by atoms with Gasteiger partial charge in [-0.15, -0.1) is 0 Å². The van der Waals surface area contributed by atoms with Gasteiger partial charge < -0.3 is 4.90 Å². The first-order chi connectivity index (χ1) is 8.68. The fourth-order valence-electron chi connectivity index (χ4n) is 2.72. The third kappa shape index (κ3) is 1.93. The highest BCUT2D eigenvalue weighted by molar-refractivity contribution is 5.85. The molecule has 1 saturated carbocycles. The predicted molar refractivity (Wildman–Crippen MR) is 70.8 cm³/mol. The average Bonchev–Trinajstić information content (AvgIpc) is 3.14. The summed E-state index contributed by atoms with van der Waals surface area (Å²) in [5, 5.41) is 3.50. The standard InChI is InChI=1S/C15H20N2O/c1-10(2)13-15(18)17(12-8-9-12)14(16-13)11-6-4-3-5-7-11/h3-7,10,12-14,16H,8-9H2,1-2H3. The van der Waals surface area contributed by atoms with Crippen molar-refractivity contribution in [1.82, 2.24) is 10.2 Å². The monoisotopic (exact) mass is 244 g/mol. The molecule has 3 nitrogen and oxygen atoms in total. The van der Waals surface area contributed by atoms with E-state index in [-0.39, 0.29) is 18.1 Å². The van der Waals surface area contributed by atoms with E-state index >= 15 is 0 Å². The van der Waals surface area contributed by atoms with Crippen LogP contribution in [-0.2, 0) is 4.79 Å². The van der Waals surface area contributed by atoms with Gasteiger partial charge in [-0.1, -0.05) is 44.2 Å². The van der Waals surface area contributed by atoms with Crippen molar-refractivity contribution in [2.75, 3.05) is 0 Å². The molecule has 2 aliphatic rings. The molecular formula is C15H20N2O. The second-order valence-electron chi connectivity index (χ2n) is 5.68. The van der Waals surface area contributed by atoms with Crippen LogP contribution in [0.1, 0.15) is 38.4 Å². The second-order valence-corrected chi connectivity index (χ2v) is 5.68. The van der Waals surface area contributed by atoms with Crippen LogP contribution in [0.2, 0.25) is 0 Å². The van der Waals surface area contributed by atoms with Crippen molar-refractivity contribution >= 4 is 5.91 Å². The highest BCUT2D eigenvalue weighted by Gasteiger charge is 2.47. The minimum atomic E-state index is -0.0317. The van der Waals surface area contributed by atoms with E-state index in [1.165, 1.54) is 5.56 Å². The third-order valence-corrected chi connectivity index (χ3v) is 3.86. The van der Waals surface area contributed by atoms with Crippen molar-refractivity contribution in [3.8, 4) is 0 Å². The number of rotatable bonds is 3. The molecule has 96 valence electrons. The zero-order valence-electron chi connectivity index (χ0n) is 11.0. The molecule has 1 aliphatic heterocycles. The number of nitrogens with one attached hydrogen (secondary N) is 1. The van der Waals surface area contributed by atoms with Crippen molar-refractivity contribution in [3.05, 3.63) is 35.9 Å². The van der Waals surface area contributed by atoms with Gasteiger partial charge in [0.2, 0.25) is 5.91 Å². The summed E-state index contributed by atoms with van der Waals surface area (Å²) in [6, 6.07) is 10.7. The topological polar surface area (TPSA) is 32.3 Å². The molecule has 1 aromatic carbocycles. The van der Waals surface area contributed by atoms with E-state index in [1.807, 2.05) is 18.2 Å². The third-order valence-electron chi connectivity index (χ3n) is 3.86. The largest absolute Gasteiger partial charge is 0.319 e. The molecule has 0 aromatic heterocycles. The van der Waals surface area contributed by atoms with Crippen molar-refractivity contribution in [2.45, 2.75) is 44.9 Å². The van der Waals surface area contributed by atoms with Gasteiger partial charge >= 0.3 is 0 Å². The van der Waals surface area contributed by atoms with Gasteiger partial charge in [0, 0.05) is 6.04 Å². The first kappa shape index (κ1) is 11.7. The molecule has 1 heterocycles. The maximum absolute atomic E-state index is 12.5. The molecule has 0 radical (unpaired) electrons. The van der Waals surface area contributed by atoms with E-state index in [1.54, 1.807) is 0 Å². The maximum atomic E-state index is 12.5. The van der Waals surface area contributed by atoms with Crippen LogP contribution in [0.4, 0.5) is 0 Å². The number of hydrogen-bond acceptors (Lipinski definition) is 2. The summed E-state index contributed by atoms with van der Waals surface area (Å²) in [5.74, 6) is 0.619. The first-order valence-electron chi connectivity index (χ1n) is 6.81. The Bertz CT molecular complexity index is 439. The zero-order chi connectivity index (χ0) is 12.7. The average molecular weight is 244 g/mol. The van der Waals surface area contributed by atoms with Crippen LogP contribution in [0.5, 0.6) is 0 Å². The minimum Gasteiger partial charge on any atom is -0.319 e. The van der Waals surface area contributed by atoms with Crippen LogP contribution in [0.3, 0.4) is 0 Å². The first-order valence-corrected chi connectivity index (χ1v) is 6.81. The van der Waals surface area contributed by atoms with Crippen LogP contribution >= 0.6 is 0 Å². The normalized spacial score (nSPS) is 28.2. The molecular weight excluding hydrogens is 224 g/mol. The molecule has 1 saturated heterocycles. The molecule has 1 aliphatic carbocycles. The lowest BCUT2D eigenvalue weighted by atomic mass is 10.1. The van der Waals surface area contributed by atoms with Crippen LogP contribution < -0.4 is 5.32 Å². The van der Waals surface area contributed by atoms with Crippen molar-refractivity contribution in [1.29, 1.82) is 0 Å². The second kappa shape index (κ2) is 4.39. The smallest absolute Gasteiger partial charge is 0.241 e. The Morgan fingerprint density at radius 2 is 1.89 bits per heavy atom. The maximum Gasteiger partial charge on any atom is 0.241 e. The number of hydrogen-bond donors (Lipinski definition) is 1. The molecule has 2 fully saturated rings. The molecule has 3 heteroatoms. The van der Waals surface area contributed by atoms with Crippen LogP contribution in [-0.4, -0.2) is 22.9 Å². The lowest BCUT2D eigenvalue weighted by Gasteiger charge is -2.24. The van der Waals surface area contributed by atoms with Crippen LogP contribution in [0, 0.1) is 5.92 Å². The summed E-state index contributed by atoms with van der Waals surface area (Å²) in [4.78, 5) is 14.5. The Labute approximate surface area is 108 Å². The van der Waals surface area contributed by atoms with Crippen molar-refractivity contribution < 1.29 is 4.79 Å². The van der Waals surface area contributed by atoms with Gasteiger partial charge in [0.15, 0.2) is 0 Å². The van der Waals surface area contributed by atoms with Gasteiger partial charge in [-0.3, -0.25) is 10.1 Å². The number of carbonyl (C=O) groups is 1. The van der Waals surface area contributed by atoms with Gasteiger partial charge in [-0.05, 0) is 24.3 Å². The van der Waals surface area contributed by atoms with Crippen molar-refractivity contribution in [2.24, 2.45) is 5.92 Å². The summed E-state index contributed by atoms with van der Waals surface area (Å²) in [6.07, 6.45) is 2.38. The Morgan fingerprint density at radius 1 is 1.22 bits per heavy atom. The molecule has 1 N–H and O–H groups in total. The molecule has 1 amide bonds. The summed E-state index contributed by atoms with van der Waals surface area (Å²) in [7, 11) is 0. The van der Waals surface area contributed by atoms with Crippen LogP contribution in [0.25, 0.3) is 0 Å². The molecule has 1 aromatic rings. The summed E-state index contributed by atoms with van der Waals surface area (Å²) in [5.41, 5.74) is 1.20. The lowest BCUT2D eigenvalue weighted by Crippen LogP contribution is -2.35. The summed E-state index contributed by atoms with van der Waals surface area (Å²) < 4.78 is 0. The van der Waals surface area contributed by atoms with E-state index in [9.17, 15) is 4.79 Å². The lowest BCUT2D eigenvalue weighted by molar-refractivity contribution is -0.131. The molecule has 0 bridgehead atoms. The Kier molecular flexibility index (Phi) is 2.86. The highest BCUT2D eigenvalue weighted by Crippen LogP contribution is 2.38. The van der Waals surface area contributed by atoms with Gasteiger partial charge in [0.25, 0.3) is 0 Å². The van der Waals surface area contributed by atoms with E-state index < -0.39 is 0 Å². The quantitative estimate of drug-likeness (QED) is 0.885. The van der Waals surface area contributed by atoms with E-state index in [2.05, 4.69) is 36.2 Å². The van der Waals surface area contributed by atoms with Gasteiger partial charge in [0.05, 0.1) is 6.04 Å². The number of amides is 1. The predicted octanol–water partition coefficient (Wildman–Crippen LogP) is 2.30. The van der Waals surface area contributed by atoms with Crippen molar-refractivity contribution in [3.63, 3.8) is 0 Å². The number of nitrogens with zero attached hydrogens (tertiary/aromatic N) is 1. The van der Waals surface area contributed by atoms with Gasteiger partial charge in [-0.2, -0.15) is 0 Å². The Balaban J connectivity index is 1.90. The SMILES string of the molecule is CC(C)C1NC(c2ccccc2)N(C2CC2)C1=O. The van der Waals surface area contributed by atoms with Crippen LogP contribution in [0.15, 0.2) is 30.3 Å². The van der Waals surface area contributed by atoms with E-state index in [4.69, 9.17) is 0 Å². The van der Waals surface area contributed by atoms with E-state index in [0.29, 0.717) is 12.0 Å². The fraction of sp³-hybridized carbons (Fsp3) is 0.533. The van der Waals surface area contributed by atoms with E-state index in [0.717, 1.165) is 12.8 Å². The minimum absolute atomic E-state index is 0.0317.